The summed E-state index contributed by atoms with van der Waals surface area (Å²) in [5.41, 5.74) is 0. The third-order valence-electron chi connectivity index (χ3n) is 2.02. The molecule has 0 heterocycles. The zero-order valence-electron chi connectivity index (χ0n) is 9.23. The summed E-state index contributed by atoms with van der Waals surface area (Å²) in [6.45, 7) is 5.65. The van der Waals surface area contributed by atoms with Crippen LogP contribution in [-0.4, -0.2) is 23.2 Å². The maximum absolute atomic E-state index is 10.4. The molecular formula is C10H20N2O2. The standard InChI is InChI=1S/C10H20N2O2/c1-4-5-6-7-8(2)11-12-9(3)10(13)14/h8-9H,4-7H2,1-3H3,(H,13,14). The van der Waals surface area contributed by atoms with Gasteiger partial charge in [-0.25, -0.2) is 4.79 Å². The van der Waals surface area contributed by atoms with Crippen molar-refractivity contribution in [2.75, 3.05) is 0 Å². The van der Waals surface area contributed by atoms with Gasteiger partial charge in [0.05, 0.1) is 6.04 Å². The van der Waals surface area contributed by atoms with Gasteiger partial charge in [0.15, 0.2) is 6.04 Å². The average molecular weight is 200 g/mol. The van der Waals surface area contributed by atoms with Crippen LogP contribution in [0.15, 0.2) is 10.2 Å². The number of hydrogen-bond acceptors (Lipinski definition) is 3. The van der Waals surface area contributed by atoms with Crippen LogP contribution in [0.5, 0.6) is 0 Å². The Labute approximate surface area is 85.4 Å². The van der Waals surface area contributed by atoms with Crippen molar-refractivity contribution in [3.8, 4) is 0 Å². The first-order valence-electron chi connectivity index (χ1n) is 5.20. The van der Waals surface area contributed by atoms with Crippen LogP contribution in [0.25, 0.3) is 0 Å². The highest BCUT2D eigenvalue weighted by Crippen LogP contribution is 2.07. The lowest BCUT2D eigenvalue weighted by Crippen LogP contribution is -2.13. The van der Waals surface area contributed by atoms with Gasteiger partial charge in [0.25, 0.3) is 0 Å². The molecule has 4 heteroatoms. The highest BCUT2D eigenvalue weighted by molar-refractivity contribution is 5.72. The summed E-state index contributed by atoms with van der Waals surface area (Å²) >= 11 is 0. The molecule has 0 aromatic heterocycles. The summed E-state index contributed by atoms with van der Waals surface area (Å²) in [4.78, 5) is 10.4. The molecule has 4 nitrogen and oxygen atoms in total. The first kappa shape index (κ1) is 13.1. The number of rotatable bonds is 7. The fraction of sp³-hybridized carbons (Fsp3) is 0.900. The molecule has 0 aromatic carbocycles. The maximum atomic E-state index is 10.4. The van der Waals surface area contributed by atoms with E-state index in [1.165, 1.54) is 19.8 Å². The van der Waals surface area contributed by atoms with Crippen molar-refractivity contribution < 1.29 is 9.90 Å². The number of unbranched alkanes of at least 4 members (excludes halogenated alkanes) is 2. The summed E-state index contributed by atoms with van der Waals surface area (Å²) in [5, 5.41) is 16.2. The highest BCUT2D eigenvalue weighted by Gasteiger charge is 2.08. The number of hydrogen-bond donors (Lipinski definition) is 1. The lowest BCUT2D eigenvalue weighted by Gasteiger charge is -2.04. The molecule has 0 bridgehead atoms. The largest absolute Gasteiger partial charge is 0.480 e. The molecular weight excluding hydrogens is 180 g/mol. The second kappa shape index (κ2) is 7.47. The van der Waals surface area contributed by atoms with Crippen molar-refractivity contribution in [1.82, 2.24) is 0 Å². The van der Waals surface area contributed by atoms with Crippen LogP contribution in [0, 0.1) is 0 Å². The van der Waals surface area contributed by atoms with Crippen LogP contribution < -0.4 is 0 Å². The lowest BCUT2D eigenvalue weighted by atomic mass is 10.1. The zero-order valence-corrected chi connectivity index (χ0v) is 9.23. The Morgan fingerprint density at radius 3 is 2.43 bits per heavy atom. The monoisotopic (exact) mass is 200 g/mol. The molecule has 0 radical (unpaired) electrons. The van der Waals surface area contributed by atoms with Crippen LogP contribution in [0.3, 0.4) is 0 Å². The molecule has 0 amide bonds. The molecule has 0 fully saturated rings. The van der Waals surface area contributed by atoms with Crippen molar-refractivity contribution in [3.63, 3.8) is 0 Å². The van der Waals surface area contributed by atoms with Gasteiger partial charge in [-0.2, -0.15) is 10.2 Å². The predicted molar refractivity (Wildman–Crippen MR) is 55.6 cm³/mol. The number of azo groups is 1. The Morgan fingerprint density at radius 2 is 1.93 bits per heavy atom. The molecule has 2 unspecified atom stereocenters. The van der Waals surface area contributed by atoms with Gasteiger partial charge in [0.2, 0.25) is 0 Å². The molecule has 2 atom stereocenters. The normalized spacial score (nSPS) is 15.6. The number of aliphatic carboxylic acids is 1. The summed E-state index contributed by atoms with van der Waals surface area (Å²) < 4.78 is 0. The predicted octanol–water partition coefficient (Wildman–Crippen LogP) is 2.88. The van der Waals surface area contributed by atoms with Gasteiger partial charge in [0, 0.05) is 0 Å². The minimum Gasteiger partial charge on any atom is -0.480 e. The van der Waals surface area contributed by atoms with Crippen molar-refractivity contribution in [1.29, 1.82) is 0 Å². The number of carboxylic acid groups (broad SMARTS) is 1. The summed E-state index contributed by atoms with van der Waals surface area (Å²) in [7, 11) is 0. The van der Waals surface area contributed by atoms with Crippen molar-refractivity contribution in [3.05, 3.63) is 0 Å². The first-order chi connectivity index (χ1) is 6.57. The van der Waals surface area contributed by atoms with E-state index in [0.29, 0.717) is 0 Å². The number of carbonyl (C=O) groups is 1. The Morgan fingerprint density at radius 1 is 1.29 bits per heavy atom. The average Bonchev–Trinajstić information content (AvgIpc) is 2.14. The third-order valence-corrected chi connectivity index (χ3v) is 2.02. The Bertz CT molecular complexity index is 193. The maximum Gasteiger partial charge on any atom is 0.330 e. The summed E-state index contributed by atoms with van der Waals surface area (Å²) in [6.07, 6.45) is 4.52. The molecule has 0 saturated carbocycles. The molecule has 0 aliphatic rings. The first-order valence-corrected chi connectivity index (χ1v) is 5.20. The summed E-state index contributed by atoms with van der Waals surface area (Å²) in [6, 6.07) is -0.577. The van der Waals surface area contributed by atoms with E-state index in [2.05, 4.69) is 17.2 Å². The minimum atomic E-state index is -0.922. The van der Waals surface area contributed by atoms with Crippen molar-refractivity contribution in [2.24, 2.45) is 10.2 Å². The SMILES string of the molecule is CCCCCC(C)N=NC(C)C(=O)O. The van der Waals surface area contributed by atoms with Gasteiger partial charge < -0.3 is 5.11 Å². The second-order valence-electron chi connectivity index (χ2n) is 3.59. The fourth-order valence-corrected chi connectivity index (χ4v) is 1.01. The van der Waals surface area contributed by atoms with E-state index in [-0.39, 0.29) is 6.04 Å². The Kier molecular flexibility index (Phi) is 6.98. The minimum absolute atomic E-state index is 0.142. The van der Waals surface area contributed by atoms with E-state index in [9.17, 15) is 4.79 Å². The van der Waals surface area contributed by atoms with E-state index in [1.807, 2.05) is 6.92 Å². The van der Waals surface area contributed by atoms with Gasteiger partial charge in [-0.15, -0.1) is 0 Å². The number of carboxylic acids is 1. The van der Waals surface area contributed by atoms with Gasteiger partial charge in [-0.05, 0) is 20.3 Å². The van der Waals surface area contributed by atoms with Crippen LogP contribution in [0.2, 0.25) is 0 Å². The Balaban J connectivity index is 3.69. The topological polar surface area (TPSA) is 62.0 Å². The molecule has 0 saturated heterocycles. The van der Waals surface area contributed by atoms with Crippen LogP contribution >= 0.6 is 0 Å². The van der Waals surface area contributed by atoms with E-state index in [0.717, 1.165) is 12.8 Å². The molecule has 0 spiro atoms. The molecule has 0 aromatic rings. The quantitative estimate of drug-likeness (QED) is 0.507. The highest BCUT2D eigenvalue weighted by atomic mass is 16.4. The van der Waals surface area contributed by atoms with Crippen LogP contribution in [-0.2, 0) is 4.79 Å². The van der Waals surface area contributed by atoms with E-state index in [1.54, 1.807) is 0 Å². The molecule has 14 heavy (non-hydrogen) atoms. The van der Waals surface area contributed by atoms with E-state index in [4.69, 9.17) is 5.11 Å². The van der Waals surface area contributed by atoms with E-state index >= 15 is 0 Å². The van der Waals surface area contributed by atoms with Crippen molar-refractivity contribution >= 4 is 5.97 Å². The third kappa shape index (κ3) is 6.57. The molecule has 1 N–H and O–H groups in total. The van der Waals surface area contributed by atoms with E-state index < -0.39 is 12.0 Å². The van der Waals surface area contributed by atoms with Crippen LogP contribution in [0.4, 0.5) is 0 Å². The second-order valence-corrected chi connectivity index (χ2v) is 3.59. The smallest absolute Gasteiger partial charge is 0.330 e. The van der Waals surface area contributed by atoms with Gasteiger partial charge in [-0.3, -0.25) is 0 Å². The lowest BCUT2D eigenvalue weighted by molar-refractivity contribution is -0.138. The summed E-state index contributed by atoms with van der Waals surface area (Å²) in [5.74, 6) is -0.922. The fourth-order valence-electron chi connectivity index (χ4n) is 1.01. The zero-order chi connectivity index (χ0) is 11.0. The van der Waals surface area contributed by atoms with Gasteiger partial charge >= 0.3 is 5.97 Å². The molecule has 82 valence electrons. The van der Waals surface area contributed by atoms with Gasteiger partial charge in [-0.1, -0.05) is 26.2 Å². The molecule has 0 aliphatic carbocycles. The van der Waals surface area contributed by atoms with Crippen LogP contribution in [0.1, 0.15) is 46.5 Å². The number of nitrogens with zero attached hydrogens (tertiary/aromatic N) is 2. The molecule has 0 rings (SSSR count). The molecule has 0 aliphatic heterocycles. The van der Waals surface area contributed by atoms with Gasteiger partial charge in [0.1, 0.15) is 0 Å². The Hall–Kier alpha value is -0.930. The van der Waals surface area contributed by atoms with Crippen molar-refractivity contribution in [2.45, 2.75) is 58.5 Å².